The van der Waals surface area contributed by atoms with Crippen molar-refractivity contribution >= 4 is 38.9 Å². The summed E-state index contributed by atoms with van der Waals surface area (Å²) in [5, 5.41) is 2.47. The standard InChI is InChI=1S/C66H46N2/c1-5-19-47(20-6-1)49-35-37-50(38-36-49)51-39-42-56(43-40-51)67(57-28-17-27-54(45-57)48-21-7-2-8-22-48)65-44-41-55(46-62(65)53-25-11-4-12-26-53)59-32-18-31-58(52-23-9-3-10-24-52)66(59)68-63-33-15-13-29-60(63)61-30-14-16-34-64(61)68/h1-46H. The van der Waals surface area contributed by atoms with Gasteiger partial charge in [0.05, 0.1) is 22.4 Å². The van der Waals surface area contributed by atoms with Crippen LogP contribution in [0.5, 0.6) is 0 Å². The summed E-state index contributed by atoms with van der Waals surface area (Å²) in [5.41, 5.74) is 20.8. The number of aromatic nitrogens is 1. The Morgan fingerprint density at radius 1 is 0.235 bits per heavy atom. The van der Waals surface area contributed by atoms with Gasteiger partial charge < -0.3 is 9.47 Å². The minimum absolute atomic E-state index is 1.07. The molecule has 0 saturated carbocycles. The van der Waals surface area contributed by atoms with Crippen molar-refractivity contribution in [3.8, 4) is 72.4 Å². The highest BCUT2D eigenvalue weighted by molar-refractivity contribution is 6.10. The van der Waals surface area contributed by atoms with Crippen molar-refractivity contribution in [1.82, 2.24) is 4.57 Å². The van der Waals surface area contributed by atoms with E-state index in [0.29, 0.717) is 0 Å². The molecule has 68 heavy (non-hydrogen) atoms. The molecule has 0 unspecified atom stereocenters. The van der Waals surface area contributed by atoms with Crippen LogP contribution in [0.25, 0.3) is 94.3 Å². The van der Waals surface area contributed by atoms with Crippen LogP contribution in [0.3, 0.4) is 0 Å². The Labute approximate surface area is 397 Å². The summed E-state index contributed by atoms with van der Waals surface area (Å²) in [6, 6.07) is 101. The largest absolute Gasteiger partial charge is 0.310 e. The molecule has 0 spiro atoms. The van der Waals surface area contributed by atoms with E-state index in [4.69, 9.17) is 0 Å². The second-order valence-electron chi connectivity index (χ2n) is 17.3. The van der Waals surface area contributed by atoms with Gasteiger partial charge in [-0.2, -0.15) is 0 Å². The number of anilines is 3. The number of rotatable bonds is 10. The van der Waals surface area contributed by atoms with Gasteiger partial charge in [-0.05, 0) is 98.6 Å². The lowest BCUT2D eigenvalue weighted by atomic mass is 9.92. The van der Waals surface area contributed by atoms with Crippen LogP contribution in [0.1, 0.15) is 0 Å². The van der Waals surface area contributed by atoms with Gasteiger partial charge in [0.1, 0.15) is 0 Å². The molecule has 0 radical (unpaired) electrons. The van der Waals surface area contributed by atoms with Gasteiger partial charge in [0.2, 0.25) is 0 Å². The average Bonchev–Trinajstić information content (AvgIpc) is 3.76. The lowest BCUT2D eigenvalue weighted by Gasteiger charge is -2.29. The molecular formula is C66H46N2. The fourth-order valence-electron chi connectivity index (χ4n) is 9.95. The van der Waals surface area contributed by atoms with Gasteiger partial charge in [0, 0.05) is 38.8 Å². The first kappa shape index (κ1) is 40.5. The molecule has 12 rings (SSSR count). The fraction of sp³-hybridized carbons (Fsp3) is 0. The highest BCUT2D eigenvalue weighted by Gasteiger charge is 2.23. The number of benzene rings is 11. The third-order valence-corrected chi connectivity index (χ3v) is 13.2. The van der Waals surface area contributed by atoms with Crippen molar-refractivity contribution < 1.29 is 0 Å². The molecular weight excluding hydrogens is 821 g/mol. The Hall–Kier alpha value is -8.98. The molecule has 2 heteroatoms. The molecule has 0 aliphatic rings. The van der Waals surface area contributed by atoms with Gasteiger partial charge >= 0.3 is 0 Å². The van der Waals surface area contributed by atoms with Crippen LogP contribution in [0.2, 0.25) is 0 Å². The van der Waals surface area contributed by atoms with E-state index in [1.807, 2.05) is 0 Å². The molecule has 0 saturated heterocycles. The van der Waals surface area contributed by atoms with E-state index >= 15 is 0 Å². The van der Waals surface area contributed by atoms with Gasteiger partial charge in [-0.3, -0.25) is 0 Å². The van der Waals surface area contributed by atoms with E-state index in [2.05, 4.69) is 289 Å². The summed E-state index contributed by atoms with van der Waals surface area (Å²) < 4.78 is 2.48. The summed E-state index contributed by atoms with van der Waals surface area (Å²) in [6.45, 7) is 0. The molecule has 0 bridgehead atoms. The predicted molar refractivity (Wildman–Crippen MR) is 288 cm³/mol. The lowest BCUT2D eigenvalue weighted by molar-refractivity contribution is 1.18. The Balaban J connectivity index is 1.06. The van der Waals surface area contributed by atoms with Crippen LogP contribution in [0.15, 0.2) is 279 Å². The molecule has 320 valence electrons. The van der Waals surface area contributed by atoms with E-state index in [9.17, 15) is 0 Å². The van der Waals surface area contributed by atoms with Crippen LogP contribution in [0.4, 0.5) is 17.1 Å². The van der Waals surface area contributed by atoms with Crippen LogP contribution in [-0.2, 0) is 0 Å². The maximum absolute atomic E-state index is 2.48. The number of hydrogen-bond acceptors (Lipinski definition) is 1. The minimum atomic E-state index is 1.07. The molecule has 0 fully saturated rings. The van der Waals surface area contributed by atoms with Crippen molar-refractivity contribution in [2.75, 3.05) is 4.90 Å². The van der Waals surface area contributed by atoms with E-state index < -0.39 is 0 Å². The molecule has 1 aromatic heterocycles. The van der Waals surface area contributed by atoms with Crippen LogP contribution in [-0.4, -0.2) is 4.57 Å². The molecule has 0 aliphatic carbocycles. The fourth-order valence-corrected chi connectivity index (χ4v) is 9.95. The minimum Gasteiger partial charge on any atom is -0.310 e. The maximum Gasteiger partial charge on any atom is 0.0618 e. The molecule has 0 aliphatic heterocycles. The number of nitrogens with zero attached hydrogens (tertiary/aromatic N) is 2. The SMILES string of the molecule is c1ccc(-c2ccc(-c3ccc(N(c4cccc(-c5ccccc5)c4)c4ccc(-c5cccc(-c6ccccc6)c5-n5c6ccccc6c6ccccc65)cc4-c4ccccc4)cc3)cc2)cc1. The third-order valence-electron chi connectivity index (χ3n) is 13.2. The van der Waals surface area contributed by atoms with Gasteiger partial charge in [-0.25, -0.2) is 0 Å². The molecule has 0 amide bonds. The van der Waals surface area contributed by atoms with Gasteiger partial charge in [-0.1, -0.05) is 231 Å². The summed E-state index contributed by atoms with van der Waals surface area (Å²) in [4.78, 5) is 2.43. The summed E-state index contributed by atoms with van der Waals surface area (Å²) in [6.07, 6.45) is 0. The number of fused-ring (bicyclic) bond motifs is 3. The lowest BCUT2D eigenvalue weighted by Crippen LogP contribution is -2.11. The highest BCUT2D eigenvalue weighted by Crippen LogP contribution is 2.47. The normalized spacial score (nSPS) is 11.2. The molecule has 2 nitrogen and oxygen atoms in total. The highest BCUT2D eigenvalue weighted by atomic mass is 15.1. The Morgan fingerprint density at radius 2 is 0.632 bits per heavy atom. The predicted octanol–water partition coefficient (Wildman–Crippen LogP) is 18.3. The van der Waals surface area contributed by atoms with E-state index in [1.165, 1.54) is 60.8 Å². The Kier molecular flexibility index (Phi) is 10.6. The smallest absolute Gasteiger partial charge is 0.0618 e. The maximum atomic E-state index is 2.48. The van der Waals surface area contributed by atoms with E-state index in [-0.39, 0.29) is 0 Å². The van der Waals surface area contributed by atoms with Crippen molar-refractivity contribution in [3.63, 3.8) is 0 Å². The summed E-state index contributed by atoms with van der Waals surface area (Å²) in [7, 11) is 0. The molecule has 0 atom stereocenters. The van der Waals surface area contributed by atoms with E-state index in [0.717, 1.165) is 50.6 Å². The summed E-state index contributed by atoms with van der Waals surface area (Å²) >= 11 is 0. The molecule has 1 heterocycles. The van der Waals surface area contributed by atoms with Crippen LogP contribution in [0, 0.1) is 0 Å². The monoisotopic (exact) mass is 866 g/mol. The van der Waals surface area contributed by atoms with Crippen molar-refractivity contribution in [3.05, 3.63) is 279 Å². The van der Waals surface area contributed by atoms with Gasteiger partial charge in [0.15, 0.2) is 0 Å². The second-order valence-corrected chi connectivity index (χ2v) is 17.3. The van der Waals surface area contributed by atoms with Crippen LogP contribution < -0.4 is 4.90 Å². The number of para-hydroxylation sites is 3. The zero-order valence-corrected chi connectivity index (χ0v) is 37.5. The summed E-state index contributed by atoms with van der Waals surface area (Å²) in [5.74, 6) is 0. The third kappa shape index (κ3) is 7.54. The quantitative estimate of drug-likeness (QED) is 0.133. The van der Waals surface area contributed by atoms with Crippen molar-refractivity contribution in [2.24, 2.45) is 0 Å². The Bertz CT molecular complexity index is 3630. The Morgan fingerprint density at radius 3 is 1.19 bits per heavy atom. The topological polar surface area (TPSA) is 8.17 Å². The van der Waals surface area contributed by atoms with Crippen molar-refractivity contribution in [2.45, 2.75) is 0 Å². The zero-order valence-electron chi connectivity index (χ0n) is 37.5. The second kappa shape index (κ2) is 17.8. The van der Waals surface area contributed by atoms with Gasteiger partial charge in [0.25, 0.3) is 0 Å². The van der Waals surface area contributed by atoms with Crippen molar-refractivity contribution in [1.29, 1.82) is 0 Å². The first-order valence-corrected chi connectivity index (χ1v) is 23.3. The average molecular weight is 867 g/mol. The first-order valence-electron chi connectivity index (χ1n) is 23.3. The molecule has 12 aromatic rings. The molecule has 0 N–H and O–H groups in total. The molecule has 11 aromatic carbocycles. The first-order chi connectivity index (χ1) is 33.7. The van der Waals surface area contributed by atoms with Crippen LogP contribution >= 0.6 is 0 Å². The van der Waals surface area contributed by atoms with Gasteiger partial charge in [-0.15, -0.1) is 0 Å². The number of hydrogen-bond donors (Lipinski definition) is 0. The zero-order chi connectivity index (χ0) is 45.2. The van der Waals surface area contributed by atoms with E-state index in [1.54, 1.807) is 0 Å².